The van der Waals surface area contributed by atoms with Crippen molar-refractivity contribution in [3.05, 3.63) is 65.2 Å². The molecule has 1 aliphatic rings. The Kier molecular flexibility index (Phi) is 6.34. The molecule has 2 aromatic carbocycles. The topological polar surface area (TPSA) is 59.9 Å². The van der Waals surface area contributed by atoms with Gasteiger partial charge in [0.2, 0.25) is 0 Å². The number of benzene rings is 2. The molecule has 0 spiro atoms. The van der Waals surface area contributed by atoms with Crippen molar-refractivity contribution in [3.63, 3.8) is 0 Å². The Morgan fingerprint density at radius 1 is 1.14 bits per heavy atom. The Hall–Kier alpha value is -2.82. The van der Waals surface area contributed by atoms with Gasteiger partial charge in [0.1, 0.15) is 18.2 Å². The van der Waals surface area contributed by atoms with E-state index in [2.05, 4.69) is 29.4 Å². The van der Waals surface area contributed by atoms with Crippen molar-refractivity contribution < 1.29 is 14.3 Å². The number of fused-ring (bicyclic) bond motifs is 1. The molecule has 0 aliphatic carbocycles. The van der Waals surface area contributed by atoms with E-state index in [1.807, 2.05) is 26.0 Å². The lowest BCUT2D eigenvalue weighted by Gasteiger charge is -2.27. The molecule has 0 fully saturated rings. The van der Waals surface area contributed by atoms with Crippen molar-refractivity contribution in [1.29, 1.82) is 0 Å². The van der Waals surface area contributed by atoms with Crippen LogP contribution in [0, 0.1) is 0 Å². The minimum atomic E-state index is -0.435. The highest BCUT2D eigenvalue weighted by atomic mass is 16.5. The lowest BCUT2D eigenvalue weighted by Crippen LogP contribution is -2.47. The van der Waals surface area contributed by atoms with Crippen LogP contribution in [0.4, 0.5) is 0 Å². The van der Waals surface area contributed by atoms with E-state index in [1.54, 1.807) is 24.3 Å². The third-order valence-electron chi connectivity index (χ3n) is 4.56. The SMILES string of the molecule is CCCCOc1ccc(C(=O)OCC(C)(C)NC2=NCc3ccccc32)cc1. The van der Waals surface area contributed by atoms with Crippen LogP contribution in [0.3, 0.4) is 0 Å². The van der Waals surface area contributed by atoms with Crippen molar-refractivity contribution >= 4 is 11.8 Å². The Bertz CT molecular complexity index is 841. The number of carbonyl (C=O) groups is 1. The molecular weight excluding hydrogens is 352 g/mol. The fourth-order valence-corrected chi connectivity index (χ4v) is 2.95. The first-order chi connectivity index (χ1) is 13.5. The average molecular weight is 380 g/mol. The lowest BCUT2D eigenvalue weighted by molar-refractivity contribution is 0.0417. The molecule has 0 saturated heterocycles. The first-order valence-electron chi connectivity index (χ1n) is 9.79. The highest BCUT2D eigenvalue weighted by molar-refractivity contribution is 6.02. The summed E-state index contributed by atoms with van der Waals surface area (Å²) in [6.07, 6.45) is 2.11. The predicted octanol–water partition coefficient (Wildman–Crippen LogP) is 4.35. The zero-order chi connectivity index (χ0) is 20.0. The van der Waals surface area contributed by atoms with Crippen LogP contribution in [0.2, 0.25) is 0 Å². The molecule has 28 heavy (non-hydrogen) atoms. The van der Waals surface area contributed by atoms with E-state index < -0.39 is 5.54 Å². The van der Waals surface area contributed by atoms with Crippen molar-refractivity contribution in [2.24, 2.45) is 4.99 Å². The van der Waals surface area contributed by atoms with Gasteiger partial charge < -0.3 is 14.8 Å². The number of carbonyl (C=O) groups excluding carboxylic acids is 1. The van der Waals surface area contributed by atoms with Gasteiger partial charge in [-0.05, 0) is 50.1 Å². The van der Waals surface area contributed by atoms with Crippen LogP contribution in [0.15, 0.2) is 53.5 Å². The third kappa shape index (κ3) is 5.12. The Balaban J connectivity index is 1.52. The second kappa shape index (κ2) is 8.91. The van der Waals surface area contributed by atoms with Gasteiger partial charge in [-0.3, -0.25) is 4.99 Å². The van der Waals surface area contributed by atoms with Crippen LogP contribution >= 0.6 is 0 Å². The molecule has 0 unspecified atom stereocenters. The summed E-state index contributed by atoms with van der Waals surface area (Å²) < 4.78 is 11.2. The van der Waals surface area contributed by atoms with E-state index in [1.165, 1.54) is 5.56 Å². The maximum atomic E-state index is 12.4. The van der Waals surface area contributed by atoms with Crippen LogP contribution in [0.25, 0.3) is 0 Å². The summed E-state index contributed by atoms with van der Waals surface area (Å²) in [5.74, 6) is 1.28. The Labute approximate surface area is 166 Å². The molecule has 1 aliphatic heterocycles. The molecule has 148 valence electrons. The molecular formula is C23H28N2O3. The minimum absolute atomic E-state index is 0.238. The molecule has 1 N–H and O–H groups in total. The number of unbranched alkanes of at least 4 members (excludes halogenated alkanes) is 1. The zero-order valence-electron chi connectivity index (χ0n) is 16.8. The molecule has 0 atom stereocenters. The van der Waals surface area contributed by atoms with E-state index in [9.17, 15) is 4.79 Å². The number of nitrogens with one attached hydrogen (secondary N) is 1. The smallest absolute Gasteiger partial charge is 0.338 e. The van der Waals surface area contributed by atoms with Gasteiger partial charge in [0.25, 0.3) is 0 Å². The molecule has 2 aromatic rings. The van der Waals surface area contributed by atoms with E-state index in [0.717, 1.165) is 30.0 Å². The van der Waals surface area contributed by atoms with Crippen LogP contribution in [0.1, 0.15) is 55.1 Å². The van der Waals surface area contributed by atoms with Gasteiger partial charge in [-0.15, -0.1) is 0 Å². The summed E-state index contributed by atoms with van der Waals surface area (Å²) in [6.45, 7) is 7.72. The fraction of sp³-hybridized carbons (Fsp3) is 0.391. The van der Waals surface area contributed by atoms with Crippen molar-refractivity contribution in [3.8, 4) is 5.75 Å². The number of rotatable bonds is 8. The second-order valence-electron chi connectivity index (χ2n) is 7.63. The summed E-state index contributed by atoms with van der Waals surface area (Å²) in [7, 11) is 0. The van der Waals surface area contributed by atoms with Crippen molar-refractivity contribution in [2.45, 2.75) is 45.7 Å². The average Bonchev–Trinajstić information content (AvgIpc) is 3.09. The summed E-state index contributed by atoms with van der Waals surface area (Å²) in [6, 6.07) is 15.2. The largest absolute Gasteiger partial charge is 0.494 e. The van der Waals surface area contributed by atoms with Gasteiger partial charge in [0, 0.05) is 5.56 Å². The number of ether oxygens (including phenoxy) is 2. The lowest BCUT2D eigenvalue weighted by atomic mass is 10.0. The third-order valence-corrected chi connectivity index (χ3v) is 4.56. The molecule has 3 rings (SSSR count). The zero-order valence-corrected chi connectivity index (χ0v) is 16.8. The number of hydrogen-bond donors (Lipinski definition) is 1. The number of nitrogens with zero attached hydrogens (tertiary/aromatic N) is 1. The maximum absolute atomic E-state index is 12.4. The maximum Gasteiger partial charge on any atom is 0.338 e. The first-order valence-corrected chi connectivity index (χ1v) is 9.79. The van der Waals surface area contributed by atoms with Gasteiger partial charge in [-0.1, -0.05) is 37.6 Å². The van der Waals surface area contributed by atoms with Crippen LogP contribution in [-0.2, 0) is 11.3 Å². The van der Waals surface area contributed by atoms with Gasteiger partial charge in [0.05, 0.1) is 24.3 Å². The van der Waals surface area contributed by atoms with E-state index >= 15 is 0 Å². The van der Waals surface area contributed by atoms with Crippen LogP contribution < -0.4 is 10.1 Å². The van der Waals surface area contributed by atoms with Gasteiger partial charge in [-0.2, -0.15) is 0 Å². The second-order valence-corrected chi connectivity index (χ2v) is 7.63. The summed E-state index contributed by atoms with van der Waals surface area (Å²) in [4.78, 5) is 16.9. The quantitative estimate of drug-likeness (QED) is 0.546. The van der Waals surface area contributed by atoms with E-state index in [-0.39, 0.29) is 12.6 Å². The van der Waals surface area contributed by atoms with E-state index in [4.69, 9.17) is 9.47 Å². The normalized spacial score (nSPS) is 12.9. The summed E-state index contributed by atoms with van der Waals surface area (Å²) in [5.41, 5.74) is 2.40. The molecule has 0 bridgehead atoms. The molecule has 0 saturated carbocycles. The summed E-state index contributed by atoms with van der Waals surface area (Å²) >= 11 is 0. The van der Waals surface area contributed by atoms with Gasteiger partial charge >= 0.3 is 5.97 Å². The molecule has 0 radical (unpaired) electrons. The summed E-state index contributed by atoms with van der Waals surface area (Å²) in [5, 5.41) is 3.41. The molecule has 5 heteroatoms. The standard InChI is InChI=1S/C23H28N2O3/c1-4-5-14-27-19-12-10-17(11-13-19)22(26)28-16-23(2,3)25-21-20-9-7-6-8-18(20)15-24-21/h6-13H,4-5,14-16H2,1-3H3,(H,24,25). The predicted molar refractivity (Wildman–Crippen MR) is 111 cm³/mol. The van der Waals surface area contributed by atoms with Crippen molar-refractivity contribution in [1.82, 2.24) is 5.32 Å². The Morgan fingerprint density at radius 2 is 1.89 bits per heavy atom. The van der Waals surface area contributed by atoms with Gasteiger partial charge in [-0.25, -0.2) is 4.79 Å². The number of amidine groups is 1. The molecule has 1 heterocycles. The van der Waals surface area contributed by atoms with Crippen LogP contribution in [0.5, 0.6) is 5.75 Å². The fourth-order valence-electron chi connectivity index (χ4n) is 2.95. The molecule has 0 aromatic heterocycles. The monoisotopic (exact) mass is 380 g/mol. The highest BCUT2D eigenvalue weighted by Crippen LogP contribution is 2.19. The molecule has 5 nitrogen and oxygen atoms in total. The highest BCUT2D eigenvalue weighted by Gasteiger charge is 2.25. The number of aliphatic imine (C=N–C) groups is 1. The molecule has 0 amide bonds. The Morgan fingerprint density at radius 3 is 2.64 bits per heavy atom. The van der Waals surface area contributed by atoms with E-state index in [0.29, 0.717) is 18.7 Å². The number of hydrogen-bond acceptors (Lipinski definition) is 5. The number of esters is 1. The van der Waals surface area contributed by atoms with Crippen molar-refractivity contribution in [2.75, 3.05) is 13.2 Å². The van der Waals surface area contributed by atoms with Gasteiger partial charge in [0.15, 0.2) is 0 Å². The minimum Gasteiger partial charge on any atom is -0.494 e. The van der Waals surface area contributed by atoms with Crippen LogP contribution in [-0.4, -0.2) is 30.6 Å². The first kappa shape index (κ1) is 19.9.